The van der Waals surface area contributed by atoms with E-state index in [0.717, 1.165) is 24.3 Å². The molecule has 0 aliphatic heterocycles. The SMILES string of the molecule is COc1ccc(CNC(C)=O)cc1S(=O)(=O)NC1CC(C2CCCC2)C1. The van der Waals surface area contributed by atoms with Gasteiger partial charge in [0.15, 0.2) is 0 Å². The molecule has 0 spiro atoms. The van der Waals surface area contributed by atoms with Crippen LogP contribution in [0.15, 0.2) is 23.1 Å². The van der Waals surface area contributed by atoms with Crippen molar-refractivity contribution in [2.24, 2.45) is 11.8 Å². The van der Waals surface area contributed by atoms with Gasteiger partial charge in [-0.3, -0.25) is 4.79 Å². The van der Waals surface area contributed by atoms with Gasteiger partial charge in [0.1, 0.15) is 10.6 Å². The first-order valence-corrected chi connectivity index (χ1v) is 10.8. The molecule has 0 aromatic heterocycles. The average Bonchev–Trinajstić information content (AvgIpc) is 3.09. The predicted octanol–water partition coefficient (Wildman–Crippen LogP) is 2.58. The van der Waals surface area contributed by atoms with Crippen molar-refractivity contribution in [1.82, 2.24) is 10.0 Å². The van der Waals surface area contributed by atoms with Crippen molar-refractivity contribution in [2.45, 2.75) is 62.9 Å². The Morgan fingerprint density at radius 2 is 1.88 bits per heavy atom. The third-order valence-electron chi connectivity index (χ3n) is 5.62. The number of hydrogen-bond donors (Lipinski definition) is 2. The number of carbonyl (C=O) groups is 1. The van der Waals surface area contributed by atoms with Gasteiger partial charge in [0.25, 0.3) is 0 Å². The summed E-state index contributed by atoms with van der Waals surface area (Å²) in [5.74, 6) is 1.61. The molecule has 2 aliphatic rings. The minimum absolute atomic E-state index is 0.00862. The van der Waals surface area contributed by atoms with Crippen LogP contribution in [-0.2, 0) is 21.4 Å². The van der Waals surface area contributed by atoms with E-state index in [2.05, 4.69) is 10.0 Å². The number of rotatable bonds is 7. The molecular weight excluding hydrogens is 352 g/mol. The first kappa shape index (κ1) is 19.2. The van der Waals surface area contributed by atoms with Crippen LogP contribution in [0.5, 0.6) is 5.75 Å². The zero-order valence-corrected chi connectivity index (χ0v) is 16.3. The fourth-order valence-electron chi connectivity index (χ4n) is 4.12. The smallest absolute Gasteiger partial charge is 0.244 e. The molecular formula is C19H28N2O4S. The van der Waals surface area contributed by atoms with E-state index in [4.69, 9.17) is 4.74 Å². The van der Waals surface area contributed by atoms with Crippen LogP contribution in [0, 0.1) is 11.8 Å². The first-order chi connectivity index (χ1) is 12.4. The molecule has 7 heteroatoms. The van der Waals surface area contributed by atoms with Gasteiger partial charge in [0.05, 0.1) is 7.11 Å². The van der Waals surface area contributed by atoms with Crippen molar-refractivity contribution >= 4 is 15.9 Å². The lowest BCUT2D eigenvalue weighted by Gasteiger charge is -2.39. The average molecular weight is 381 g/mol. The van der Waals surface area contributed by atoms with E-state index >= 15 is 0 Å². The Bertz CT molecular complexity index is 751. The summed E-state index contributed by atoms with van der Waals surface area (Å²) in [6, 6.07) is 4.97. The molecule has 3 rings (SSSR count). The van der Waals surface area contributed by atoms with Crippen molar-refractivity contribution in [3.8, 4) is 5.75 Å². The number of carbonyl (C=O) groups excluding carboxylic acids is 1. The Morgan fingerprint density at radius 1 is 1.19 bits per heavy atom. The fraction of sp³-hybridized carbons (Fsp3) is 0.632. The number of nitrogens with one attached hydrogen (secondary N) is 2. The zero-order valence-electron chi connectivity index (χ0n) is 15.5. The Kier molecular flexibility index (Phi) is 5.87. The molecule has 2 N–H and O–H groups in total. The normalized spacial score (nSPS) is 23.5. The van der Waals surface area contributed by atoms with E-state index in [1.165, 1.54) is 39.7 Å². The summed E-state index contributed by atoms with van der Waals surface area (Å²) >= 11 is 0. The van der Waals surface area contributed by atoms with Crippen LogP contribution in [0.25, 0.3) is 0 Å². The molecule has 0 atom stereocenters. The summed E-state index contributed by atoms with van der Waals surface area (Å²) in [7, 11) is -2.20. The molecule has 2 fully saturated rings. The fourth-order valence-corrected chi connectivity index (χ4v) is 5.60. The topological polar surface area (TPSA) is 84.5 Å². The summed E-state index contributed by atoms with van der Waals surface area (Å²) in [6.07, 6.45) is 7.08. The van der Waals surface area contributed by atoms with Crippen molar-refractivity contribution in [1.29, 1.82) is 0 Å². The van der Waals surface area contributed by atoms with Crippen LogP contribution in [0.1, 0.15) is 51.0 Å². The summed E-state index contributed by atoms with van der Waals surface area (Å²) < 4.78 is 33.8. The molecule has 1 aromatic rings. The molecule has 0 bridgehead atoms. The van der Waals surface area contributed by atoms with Gasteiger partial charge in [0, 0.05) is 19.5 Å². The van der Waals surface area contributed by atoms with Gasteiger partial charge in [-0.25, -0.2) is 13.1 Å². The largest absolute Gasteiger partial charge is 0.495 e. The van der Waals surface area contributed by atoms with Gasteiger partial charge >= 0.3 is 0 Å². The van der Waals surface area contributed by atoms with E-state index in [0.29, 0.717) is 11.7 Å². The third kappa shape index (κ3) is 4.38. The predicted molar refractivity (Wildman–Crippen MR) is 99.3 cm³/mol. The lowest BCUT2D eigenvalue weighted by Crippen LogP contribution is -2.46. The Balaban J connectivity index is 1.67. The van der Waals surface area contributed by atoms with Gasteiger partial charge < -0.3 is 10.1 Å². The highest BCUT2D eigenvalue weighted by atomic mass is 32.2. The molecule has 0 unspecified atom stereocenters. The Hall–Kier alpha value is -1.60. The van der Waals surface area contributed by atoms with Gasteiger partial charge in [-0.15, -0.1) is 0 Å². The number of benzene rings is 1. The number of ether oxygens (including phenoxy) is 1. The van der Waals surface area contributed by atoms with Crippen LogP contribution >= 0.6 is 0 Å². The number of sulfonamides is 1. The van der Waals surface area contributed by atoms with E-state index < -0.39 is 10.0 Å². The van der Waals surface area contributed by atoms with Crippen LogP contribution in [-0.4, -0.2) is 27.5 Å². The number of amides is 1. The van der Waals surface area contributed by atoms with Crippen molar-refractivity contribution in [2.75, 3.05) is 7.11 Å². The standard InChI is InChI=1S/C19H28N2O4S/c1-13(22)20-12-14-7-8-18(25-2)19(9-14)26(23,24)21-17-10-16(11-17)15-5-3-4-6-15/h7-9,15-17,21H,3-6,10-12H2,1-2H3,(H,20,22). The van der Waals surface area contributed by atoms with E-state index in [9.17, 15) is 13.2 Å². The number of hydrogen-bond acceptors (Lipinski definition) is 4. The van der Waals surface area contributed by atoms with Crippen LogP contribution in [0.2, 0.25) is 0 Å². The van der Waals surface area contributed by atoms with Crippen molar-refractivity contribution < 1.29 is 17.9 Å². The Labute approximate surface area is 155 Å². The molecule has 0 saturated heterocycles. The first-order valence-electron chi connectivity index (χ1n) is 9.32. The quantitative estimate of drug-likeness (QED) is 0.761. The summed E-state index contributed by atoms with van der Waals surface area (Å²) in [5.41, 5.74) is 0.721. The maximum atomic E-state index is 12.9. The lowest BCUT2D eigenvalue weighted by atomic mass is 9.72. The van der Waals surface area contributed by atoms with Crippen molar-refractivity contribution in [3.05, 3.63) is 23.8 Å². The van der Waals surface area contributed by atoms with E-state index in [1.54, 1.807) is 18.2 Å². The van der Waals surface area contributed by atoms with Crippen LogP contribution in [0.4, 0.5) is 0 Å². The summed E-state index contributed by atoms with van der Waals surface area (Å²) in [6.45, 7) is 1.72. The molecule has 1 amide bonds. The molecule has 2 aliphatic carbocycles. The maximum Gasteiger partial charge on any atom is 0.244 e. The Morgan fingerprint density at radius 3 is 2.50 bits per heavy atom. The number of methoxy groups -OCH3 is 1. The van der Waals surface area contributed by atoms with E-state index in [-0.39, 0.29) is 23.4 Å². The second-order valence-corrected chi connectivity index (χ2v) is 9.17. The molecule has 0 heterocycles. The third-order valence-corrected chi connectivity index (χ3v) is 7.16. The highest BCUT2D eigenvalue weighted by Crippen LogP contribution is 2.42. The monoisotopic (exact) mass is 380 g/mol. The zero-order chi connectivity index (χ0) is 18.7. The second-order valence-electron chi connectivity index (χ2n) is 7.49. The van der Waals surface area contributed by atoms with Crippen LogP contribution < -0.4 is 14.8 Å². The minimum atomic E-state index is -3.66. The van der Waals surface area contributed by atoms with Crippen molar-refractivity contribution in [3.63, 3.8) is 0 Å². The van der Waals surface area contributed by atoms with E-state index in [1.807, 2.05) is 0 Å². The lowest BCUT2D eigenvalue weighted by molar-refractivity contribution is -0.119. The highest BCUT2D eigenvalue weighted by molar-refractivity contribution is 7.89. The minimum Gasteiger partial charge on any atom is -0.495 e. The van der Waals surface area contributed by atoms with Crippen LogP contribution in [0.3, 0.4) is 0 Å². The maximum absolute atomic E-state index is 12.9. The van der Waals surface area contributed by atoms with Gasteiger partial charge in [-0.1, -0.05) is 31.7 Å². The van der Waals surface area contributed by atoms with Gasteiger partial charge in [-0.05, 0) is 42.4 Å². The summed E-state index contributed by atoms with van der Waals surface area (Å²) in [4.78, 5) is 11.2. The second kappa shape index (κ2) is 7.96. The summed E-state index contributed by atoms with van der Waals surface area (Å²) in [5, 5.41) is 2.68. The van der Waals surface area contributed by atoms with Gasteiger partial charge in [0.2, 0.25) is 15.9 Å². The van der Waals surface area contributed by atoms with Gasteiger partial charge in [-0.2, -0.15) is 0 Å². The molecule has 2 saturated carbocycles. The molecule has 1 aromatic carbocycles. The highest BCUT2D eigenvalue weighted by Gasteiger charge is 2.38. The molecule has 26 heavy (non-hydrogen) atoms. The molecule has 144 valence electrons. The molecule has 0 radical (unpaired) electrons. The molecule has 6 nitrogen and oxygen atoms in total.